The van der Waals surface area contributed by atoms with Gasteiger partial charge in [0.2, 0.25) is 0 Å². The van der Waals surface area contributed by atoms with Crippen LogP contribution in [0.5, 0.6) is 5.75 Å². The second-order valence-electron chi connectivity index (χ2n) is 7.23. The molecule has 1 aromatic heterocycles. The van der Waals surface area contributed by atoms with Crippen molar-refractivity contribution < 1.29 is 13.9 Å². The molecule has 4 rings (SSSR count). The van der Waals surface area contributed by atoms with Gasteiger partial charge in [0.25, 0.3) is 0 Å². The van der Waals surface area contributed by atoms with E-state index >= 15 is 0 Å². The number of hydrogen-bond donors (Lipinski definition) is 3. The van der Waals surface area contributed by atoms with E-state index in [-0.39, 0.29) is 18.0 Å². The monoisotopic (exact) mass is 425 g/mol. The Bertz CT molecular complexity index is 980. The van der Waals surface area contributed by atoms with Gasteiger partial charge in [-0.3, -0.25) is 5.41 Å². The minimum absolute atomic E-state index is 0.0553. The molecule has 0 aliphatic carbocycles. The largest absolute Gasteiger partial charge is 0.489 e. The van der Waals surface area contributed by atoms with Crippen LogP contribution >= 0.6 is 11.3 Å². The SMILES string of the molecule is N=C(Nc1cccc(O[C@H]2CN[C@H](COCc3cccc(F)c3)C2)c1)c1cccs1. The fraction of sp³-hybridized carbons (Fsp3) is 0.261. The van der Waals surface area contributed by atoms with Gasteiger partial charge in [0.15, 0.2) is 0 Å². The zero-order valence-electron chi connectivity index (χ0n) is 16.4. The number of benzene rings is 2. The highest BCUT2D eigenvalue weighted by atomic mass is 32.1. The first-order valence-electron chi connectivity index (χ1n) is 9.87. The minimum atomic E-state index is -0.245. The maximum absolute atomic E-state index is 13.2. The third-order valence-corrected chi connectivity index (χ3v) is 5.72. The van der Waals surface area contributed by atoms with Crippen molar-refractivity contribution in [3.05, 3.63) is 82.3 Å². The Balaban J connectivity index is 1.23. The third-order valence-electron chi connectivity index (χ3n) is 4.83. The summed E-state index contributed by atoms with van der Waals surface area (Å²) in [5.74, 6) is 0.901. The van der Waals surface area contributed by atoms with Crippen molar-refractivity contribution in [2.75, 3.05) is 18.5 Å². The molecule has 0 bridgehead atoms. The number of hydrogen-bond acceptors (Lipinski definition) is 5. The van der Waals surface area contributed by atoms with Gasteiger partial charge in [0, 0.05) is 30.8 Å². The number of rotatable bonds is 8. The number of amidine groups is 1. The van der Waals surface area contributed by atoms with Gasteiger partial charge in [-0.25, -0.2) is 4.39 Å². The van der Waals surface area contributed by atoms with Crippen molar-refractivity contribution in [2.24, 2.45) is 0 Å². The van der Waals surface area contributed by atoms with Crippen LogP contribution in [0.1, 0.15) is 16.9 Å². The maximum Gasteiger partial charge on any atom is 0.140 e. The average Bonchev–Trinajstić information content (AvgIpc) is 3.41. The fourth-order valence-electron chi connectivity index (χ4n) is 3.41. The van der Waals surface area contributed by atoms with E-state index in [0.717, 1.165) is 34.8 Å². The molecule has 30 heavy (non-hydrogen) atoms. The van der Waals surface area contributed by atoms with E-state index in [1.54, 1.807) is 6.07 Å². The van der Waals surface area contributed by atoms with Crippen LogP contribution in [0.2, 0.25) is 0 Å². The first-order chi connectivity index (χ1) is 14.7. The first-order valence-corrected chi connectivity index (χ1v) is 10.8. The van der Waals surface area contributed by atoms with Crippen LogP contribution in [0, 0.1) is 11.2 Å². The molecule has 1 fully saturated rings. The molecular weight excluding hydrogens is 401 g/mol. The van der Waals surface area contributed by atoms with Crippen LogP contribution < -0.4 is 15.4 Å². The number of anilines is 1. The number of ether oxygens (including phenoxy) is 2. The molecule has 3 N–H and O–H groups in total. The Labute approximate surface area is 179 Å². The molecule has 0 saturated carbocycles. The third kappa shape index (κ3) is 5.66. The zero-order chi connectivity index (χ0) is 20.8. The lowest BCUT2D eigenvalue weighted by Gasteiger charge is -2.15. The minimum Gasteiger partial charge on any atom is -0.489 e. The van der Waals surface area contributed by atoms with Crippen molar-refractivity contribution in [1.29, 1.82) is 5.41 Å². The van der Waals surface area contributed by atoms with Crippen molar-refractivity contribution >= 4 is 22.9 Å². The van der Waals surface area contributed by atoms with Crippen molar-refractivity contribution in [3.8, 4) is 5.75 Å². The van der Waals surface area contributed by atoms with E-state index in [1.165, 1.54) is 23.5 Å². The molecule has 0 unspecified atom stereocenters. The molecule has 0 radical (unpaired) electrons. The molecule has 5 nitrogen and oxygen atoms in total. The number of thiophene rings is 1. The molecule has 1 aliphatic rings. The summed E-state index contributed by atoms with van der Waals surface area (Å²) < 4.78 is 25.1. The summed E-state index contributed by atoms with van der Waals surface area (Å²) in [5.41, 5.74) is 1.66. The van der Waals surface area contributed by atoms with Gasteiger partial charge < -0.3 is 20.1 Å². The molecule has 0 amide bonds. The van der Waals surface area contributed by atoms with Crippen molar-refractivity contribution in [1.82, 2.24) is 5.32 Å². The van der Waals surface area contributed by atoms with Gasteiger partial charge in [0.05, 0.1) is 18.1 Å². The van der Waals surface area contributed by atoms with Crippen LogP contribution in [0.4, 0.5) is 10.1 Å². The summed E-state index contributed by atoms with van der Waals surface area (Å²) in [7, 11) is 0. The quantitative estimate of drug-likeness (QED) is 0.363. The predicted octanol–water partition coefficient (Wildman–Crippen LogP) is 4.65. The van der Waals surface area contributed by atoms with Gasteiger partial charge >= 0.3 is 0 Å². The van der Waals surface area contributed by atoms with Crippen LogP contribution in [0.25, 0.3) is 0 Å². The second-order valence-corrected chi connectivity index (χ2v) is 8.18. The molecule has 156 valence electrons. The maximum atomic E-state index is 13.2. The molecule has 2 heterocycles. The lowest BCUT2D eigenvalue weighted by Crippen LogP contribution is -2.26. The number of nitrogens with one attached hydrogen (secondary N) is 3. The lowest BCUT2D eigenvalue weighted by atomic mass is 10.2. The molecule has 7 heteroatoms. The molecule has 2 atom stereocenters. The molecule has 0 spiro atoms. The van der Waals surface area contributed by atoms with E-state index < -0.39 is 0 Å². The van der Waals surface area contributed by atoms with Gasteiger partial charge in [-0.1, -0.05) is 24.3 Å². The summed E-state index contributed by atoms with van der Waals surface area (Å²) in [5, 5.41) is 16.6. The topological polar surface area (TPSA) is 66.4 Å². The van der Waals surface area contributed by atoms with E-state index in [9.17, 15) is 4.39 Å². The van der Waals surface area contributed by atoms with E-state index in [0.29, 0.717) is 19.0 Å². The summed E-state index contributed by atoms with van der Waals surface area (Å²) in [6, 6.07) is 18.2. The highest BCUT2D eigenvalue weighted by Crippen LogP contribution is 2.22. The molecule has 3 aromatic rings. The molecular formula is C23H24FN3O2S. The standard InChI is InChI=1S/C23H24FN3O2S/c24-17-5-1-4-16(10-17)14-28-15-19-12-21(13-26-19)29-20-7-2-6-18(11-20)27-23(25)22-8-3-9-30-22/h1-11,19,21,26H,12-15H2,(H2,25,27)/t19-,21+/m0/s1. The van der Waals surface area contributed by atoms with Crippen LogP contribution in [-0.2, 0) is 11.3 Å². The normalized spacial score (nSPS) is 18.3. The Morgan fingerprint density at radius 2 is 2.07 bits per heavy atom. The average molecular weight is 426 g/mol. The highest BCUT2D eigenvalue weighted by molar-refractivity contribution is 7.12. The predicted molar refractivity (Wildman–Crippen MR) is 118 cm³/mol. The first kappa shape index (κ1) is 20.5. The highest BCUT2D eigenvalue weighted by Gasteiger charge is 2.25. The van der Waals surface area contributed by atoms with Crippen LogP contribution in [0.15, 0.2) is 66.0 Å². The van der Waals surface area contributed by atoms with Crippen molar-refractivity contribution in [3.63, 3.8) is 0 Å². The fourth-order valence-corrected chi connectivity index (χ4v) is 4.04. The lowest BCUT2D eigenvalue weighted by molar-refractivity contribution is 0.0998. The van der Waals surface area contributed by atoms with Gasteiger partial charge in [-0.15, -0.1) is 11.3 Å². The summed E-state index contributed by atoms with van der Waals surface area (Å²) >= 11 is 1.53. The number of halogens is 1. The molecule has 1 saturated heterocycles. The zero-order valence-corrected chi connectivity index (χ0v) is 17.3. The molecule has 1 aliphatic heterocycles. The summed E-state index contributed by atoms with van der Waals surface area (Å²) in [4.78, 5) is 0.891. The summed E-state index contributed by atoms with van der Waals surface area (Å²) in [6.45, 7) is 1.69. The second kappa shape index (κ2) is 9.84. The smallest absolute Gasteiger partial charge is 0.140 e. The Kier molecular flexibility index (Phi) is 6.74. The Hall–Kier alpha value is -2.74. The van der Waals surface area contributed by atoms with E-state index in [1.807, 2.05) is 47.8 Å². The Morgan fingerprint density at radius 3 is 2.90 bits per heavy atom. The Morgan fingerprint density at radius 1 is 1.17 bits per heavy atom. The summed E-state index contributed by atoms with van der Waals surface area (Å²) in [6.07, 6.45) is 0.894. The van der Waals surface area contributed by atoms with Gasteiger partial charge in [0.1, 0.15) is 23.5 Å². The van der Waals surface area contributed by atoms with Crippen molar-refractivity contribution in [2.45, 2.75) is 25.2 Å². The van der Waals surface area contributed by atoms with Gasteiger partial charge in [-0.05, 0) is 41.3 Å². The van der Waals surface area contributed by atoms with Crippen LogP contribution in [0.3, 0.4) is 0 Å². The van der Waals surface area contributed by atoms with Crippen LogP contribution in [-0.4, -0.2) is 31.1 Å². The van der Waals surface area contributed by atoms with E-state index in [4.69, 9.17) is 14.9 Å². The van der Waals surface area contributed by atoms with E-state index in [2.05, 4.69) is 10.6 Å². The molecule has 2 aromatic carbocycles. The van der Waals surface area contributed by atoms with Gasteiger partial charge in [-0.2, -0.15) is 0 Å².